The lowest BCUT2D eigenvalue weighted by molar-refractivity contribution is -0.137. The Kier molecular flexibility index (Phi) is 7.17. The van der Waals surface area contributed by atoms with Gasteiger partial charge in [-0.3, -0.25) is 0 Å². The van der Waals surface area contributed by atoms with Crippen molar-refractivity contribution in [2.24, 2.45) is 0 Å². The maximum absolute atomic E-state index is 12.8. The quantitative estimate of drug-likeness (QED) is 0.601. The van der Waals surface area contributed by atoms with Crippen molar-refractivity contribution in [3.05, 3.63) is 47.7 Å². The molecule has 0 radical (unpaired) electrons. The van der Waals surface area contributed by atoms with Crippen LogP contribution in [0, 0.1) is 0 Å². The van der Waals surface area contributed by atoms with Crippen LogP contribution in [0.1, 0.15) is 22.3 Å². The number of halogens is 3. The van der Waals surface area contributed by atoms with Gasteiger partial charge in [0.05, 0.1) is 28.8 Å². The number of carbonyl (C=O) groups excluding carboxylic acids is 1. The van der Waals surface area contributed by atoms with E-state index in [0.29, 0.717) is 44.1 Å². The highest BCUT2D eigenvalue weighted by Crippen LogP contribution is 2.30. The monoisotopic (exact) mass is 486 g/mol. The third-order valence-electron chi connectivity index (χ3n) is 5.39. The molecule has 0 aliphatic carbocycles. The Morgan fingerprint density at radius 1 is 1.06 bits per heavy atom. The summed E-state index contributed by atoms with van der Waals surface area (Å²) in [5.74, 6) is -0.225. The highest BCUT2D eigenvalue weighted by Gasteiger charge is 2.31. The first kappa shape index (κ1) is 24.8. The number of aromatic nitrogens is 1. The number of esters is 1. The largest absolute Gasteiger partial charge is 0.465 e. The number of sulfonamides is 1. The van der Waals surface area contributed by atoms with E-state index in [1.54, 1.807) is 6.07 Å². The van der Waals surface area contributed by atoms with E-state index in [2.05, 4.69) is 4.98 Å². The summed E-state index contributed by atoms with van der Waals surface area (Å²) in [7, 11) is 0.283. The molecule has 1 aromatic carbocycles. The second-order valence-electron chi connectivity index (χ2n) is 7.69. The smallest absolute Gasteiger partial charge is 0.417 e. The summed E-state index contributed by atoms with van der Waals surface area (Å²) in [6, 6.07) is 6.67. The number of benzene rings is 1. The molecule has 33 heavy (non-hydrogen) atoms. The van der Waals surface area contributed by atoms with Gasteiger partial charge in [-0.05, 0) is 36.8 Å². The Morgan fingerprint density at radius 2 is 1.73 bits per heavy atom. The van der Waals surface area contributed by atoms with E-state index < -0.39 is 27.7 Å². The Hall–Kier alpha value is -2.86. The van der Waals surface area contributed by atoms with Crippen LogP contribution in [0.4, 0.5) is 24.7 Å². The molecular formula is C21H25F3N4O4S. The molecule has 1 fully saturated rings. The van der Waals surface area contributed by atoms with Crippen molar-refractivity contribution in [2.75, 3.05) is 57.2 Å². The first-order valence-corrected chi connectivity index (χ1v) is 11.6. The Morgan fingerprint density at radius 3 is 2.30 bits per heavy atom. The molecule has 1 aliphatic rings. The molecule has 0 N–H and O–H groups in total. The molecule has 1 saturated heterocycles. The number of ether oxygens (including phenoxy) is 1. The minimum Gasteiger partial charge on any atom is -0.465 e. The van der Waals surface area contributed by atoms with Crippen LogP contribution in [-0.4, -0.2) is 71.1 Å². The summed E-state index contributed by atoms with van der Waals surface area (Å²) in [6.45, 7) is 2.03. The minimum absolute atomic E-state index is 0.0259. The van der Waals surface area contributed by atoms with Gasteiger partial charge in [0.25, 0.3) is 0 Å². The van der Waals surface area contributed by atoms with Crippen LogP contribution in [0.5, 0.6) is 0 Å². The van der Waals surface area contributed by atoms with Crippen molar-refractivity contribution in [1.82, 2.24) is 9.29 Å². The average Bonchev–Trinajstić information content (AvgIpc) is 3.03. The predicted molar refractivity (Wildman–Crippen MR) is 117 cm³/mol. The van der Waals surface area contributed by atoms with Gasteiger partial charge in [0.2, 0.25) is 10.0 Å². The van der Waals surface area contributed by atoms with Gasteiger partial charge in [0, 0.05) is 46.5 Å². The topological polar surface area (TPSA) is 83.0 Å². The zero-order valence-corrected chi connectivity index (χ0v) is 19.3. The first-order valence-electron chi connectivity index (χ1n) is 10.1. The summed E-state index contributed by atoms with van der Waals surface area (Å²) >= 11 is 0. The number of alkyl halides is 3. The summed E-state index contributed by atoms with van der Waals surface area (Å²) in [6.07, 6.45) is -2.98. The fourth-order valence-corrected chi connectivity index (χ4v) is 4.49. The van der Waals surface area contributed by atoms with Crippen molar-refractivity contribution in [2.45, 2.75) is 17.5 Å². The van der Waals surface area contributed by atoms with Gasteiger partial charge >= 0.3 is 12.1 Å². The molecule has 0 unspecified atom stereocenters. The van der Waals surface area contributed by atoms with Crippen molar-refractivity contribution >= 4 is 27.5 Å². The molecule has 1 aromatic heterocycles. The lowest BCUT2D eigenvalue weighted by Crippen LogP contribution is -2.32. The van der Waals surface area contributed by atoms with Crippen molar-refractivity contribution in [3.63, 3.8) is 0 Å². The van der Waals surface area contributed by atoms with Crippen molar-refractivity contribution in [1.29, 1.82) is 0 Å². The number of pyridine rings is 1. The van der Waals surface area contributed by atoms with Crippen LogP contribution in [-0.2, 0) is 20.9 Å². The number of nitrogens with zero attached hydrogens (tertiary/aromatic N) is 4. The second-order valence-corrected chi connectivity index (χ2v) is 9.84. The van der Waals surface area contributed by atoms with Crippen LogP contribution < -0.4 is 9.80 Å². The number of anilines is 2. The molecule has 12 heteroatoms. The normalized spacial score (nSPS) is 15.5. The maximum atomic E-state index is 12.8. The lowest BCUT2D eigenvalue weighted by Gasteiger charge is -2.26. The Balaban J connectivity index is 1.85. The van der Waals surface area contributed by atoms with Crippen LogP contribution in [0.25, 0.3) is 0 Å². The lowest BCUT2D eigenvalue weighted by atomic mass is 10.1. The van der Waals surface area contributed by atoms with Gasteiger partial charge in [0.15, 0.2) is 0 Å². The number of methoxy groups -OCH3 is 1. The molecule has 0 spiro atoms. The van der Waals surface area contributed by atoms with Gasteiger partial charge in [-0.2, -0.15) is 13.2 Å². The van der Waals surface area contributed by atoms with Gasteiger partial charge in [-0.15, -0.1) is 0 Å². The van der Waals surface area contributed by atoms with E-state index >= 15 is 0 Å². The zero-order valence-electron chi connectivity index (χ0n) is 18.5. The fraction of sp³-hybridized carbons (Fsp3) is 0.429. The third-order valence-corrected chi connectivity index (χ3v) is 7.20. The van der Waals surface area contributed by atoms with Crippen LogP contribution in [0.15, 0.2) is 41.4 Å². The summed E-state index contributed by atoms with van der Waals surface area (Å²) in [5, 5.41) is 0. The average molecular weight is 487 g/mol. The van der Waals surface area contributed by atoms with Crippen LogP contribution in [0.2, 0.25) is 0 Å². The predicted octanol–water partition coefficient (Wildman–Crippen LogP) is 2.85. The number of hydrogen-bond acceptors (Lipinski definition) is 7. The molecule has 2 heterocycles. The SMILES string of the molecule is COC(=O)c1cc(S(=O)(=O)N(C)C)ccc1N1CCCN(c2ccc(C(F)(F)F)cn2)CC1. The zero-order chi connectivity index (χ0) is 24.4. The van der Waals surface area contributed by atoms with E-state index in [0.717, 1.165) is 16.6 Å². The highest BCUT2D eigenvalue weighted by molar-refractivity contribution is 7.89. The first-order chi connectivity index (χ1) is 15.4. The van der Waals surface area contributed by atoms with Gasteiger partial charge in [-0.25, -0.2) is 22.5 Å². The highest BCUT2D eigenvalue weighted by atomic mass is 32.2. The fourth-order valence-electron chi connectivity index (χ4n) is 3.56. The number of rotatable bonds is 5. The second kappa shape index (κ2) is 9.56. The van der Waals surface area contributed by atoms with E-state index in [1.807, 2.05) is 9.80 Å². The van der Waals surface area contributed by atoms with E-state index in [1.165, 1.54) is 39.4 Å². The summed E-state index contributed by atoms with van der Waals surface area (Å²) < 4.78 is 69.3. The summed E-state index contributed by atoms with van der Waals surface area (Å²) in [5.41, 5.74) is -0.151. The molecule has 0 bridgehead atoms. The molecule has 0 saturated carbocycles. The van der Waals surface area contributed by atoms with Crippen LogP contribution in [0.3, 0.4) is 0 Å². The standard InChI is InChI=1S/C21H25F3N4O4S/c1-26(2)33(30,31)16-6-7-18(17(13-16)20(29)32-3)27-9-4-10-28(12-11-27)19-8-5-15(14-25-19)21(22,23)24/h5-8,13-14H,4,9-12H2,1-3H3. The van der Waals surface area contributed by atoms with Gasteiger partial charge < -0.3 is 14.5 Å². The van der Waals surface area contributed by atoms with Crippen molar-refractivity contribution < 1.29 is 31.1 Å². The van der Waals surface area contributed by atoms with E-state index in [4.69, 9.17) is 4.74 Å². The van der Waals surface area contributed by atoms with Gasteiger partial charge in [-0.1, -0.05) is 0 Å². The Labute approximate surface area is 190 Å². The molecule has 0 atom stereocenters. The molecule has 1 aliphatic heterocycles. The number of hydrogen-bond donors (Lipinski definition) is 0. The van der Waals surface area contributed by atoms with E-state index in [9.17, 15) is 26.4 Å². The molecule has 2 aromatic rings. The third kappa shape index (κ3) is 5.38. The molecule has 0 amide bonds. The molecule has 8 nitrogen and oxygen atoms in total. The summed E-state index contributed by atoms with van der Waals surface area (Å²) in [4.78, 5) is 20.2. The molecule has 180 valence electrons. The van der Waals surface area contributed by atoms with Crippen molar-refractivity contribution in [3.8, 4) is 0 Å². The molecule has 3 rings (SSSR count). The van der Waals surface area contributed by atoms with Gasteiger partial charge in [0.1, 0.15) is 5.82 Å². The Bertz CT molecular complexity index is 1110. The molecular weight excluding hydrogens is 461 g/mol. The maximum Gasteiger partial charge on any atom is 0.417 e. The van der Waals surface area contributed by atoms with Crippen LogP contribution >= 0.6 is 0 Å². The number of carbonyl (C=O) groups is 1. The van der Waals surface area contributed by atoms with E-state index in [-0.39, 0.29) is 10.5 Å². The minimum atomic E-state index is -4.45.